The van der Waals surface area contributed by atoms with Gasteiger partial charge in [-0.3, -0.25) is 4.79 Å². The van der Waals surface area contributed by atoms with Gasteiger partial charge in [0, 0.05) is 11.6 Å². The second-order valence-corrected chi connectivity index (χ2v) is 4.83. The minimum absolute atomic E-state index is 0.0669. The second kappa shape index (κ2) is 7.39. The van der Waals surface area contributed by atoms with Gasteiger partial charge in [0.2, 0.25) is 5.91 Å². The van der Waals surface area contributed by atoms with Crippen molar-refractivity contribution in [2.45, 2.75) is 6.18 Å². The van der Waals surface area contributed by atoms with Crippen molar-refractivity contribution in [3.8, 4) is 11.1 Å². The van der Waals surface area contributed by atoms with Crippen LogP contribution in [0.4, 0.5) is 27.6 Å². The normalized spacial score (nSPS) is 11.4. The van der Waals surface area contributed by atoms with E-state index in [1.54, 1.807) is 30.3 Å². The number of nitrogens with one attached hydrogen (secondary N) is 1. The largest absolute Gasteiger partial charge is 0.411 e. The quantitative estimate of drug-likeness (QED) is 0.827. The molecule has 0 aliphatic rings. The molecular formula is C16H12F5NO2. The molecule has 3 nitrogen and oxygen atoms in total. The number of amides is 1. The molecule has 128 valence electrons. The van der Waals surface area contributed by atoms with E-state index in [9.17, 15) is 26.7 Å². The summed E-state index contributed by atoms with van der Waals surface area (Å²) in [6.07, 6.45) is -4.57. The molecule has 0 radical (unpaired) electrons. The van der Waals surface area contributed by atoms with E-state index in [1.165, 1.54) is 0 Å². The van der Waals surface area contributed by atoms with Gasteiger partial charge < -0.3 is 10.1 Å². The second-order valence-electron chi connectivity index (χ2n) is 4.83. The van der Waals surface area contributed by atoms with Crippen molar-refractivity contribution < 1.29 is 31.5 Å². The predicted molar refractivity (Wildman–Crippen MR) is 77.3 cm³/mol. The summed E-state index contributed by atoms with van der Waals surface area (Å²) in [5.41, 5.74) is 0.169. The smallest absolute Gasteiger partial charge is 0.362 e. The van der Waals surface area contributed by atoms with E-state index in [4.69, 9.17) is 0 Å². The number of anilines is 1. The Bertz CT molecular complexity index is 716. The van der Waals surface area contributed by atoms with Gasteiger partial charge in [0.25, 0.3) is 0 Å². The first-order chi connectivity index (χ1) is 11.3. The predicted octanol–water partition coefficient (Wildman–Crippen LogP) is 4.15. The molecule has 0 saturated carbocycles. The Balaban J connectivity index is 2.19. The fraction of sp³-hybridized carbons (Fsp3) is 0.188. The Hall–Kier alpha value is -2.48. The lowest BCUT2D eigenvalue weighted by Gasteiger charge is -2.13. The van der Waals surface area contributed by atoms with Crippen LogP contribution < -0.4 is 5.32 Å². The molecule has 2 rings (SSSR count). The van der Waals surface area contributed by atoms with Crippen molar-refractivity contribution in [1.29, 1.82) is 0 Å². The van der Waals surface area contributed by atoms with Gasteiger partial charge in [0.1, 0.15) is 24.8 Å². The fourth-order valence-electron chi connectivity index (χ4n) is 1.98. The summed E-state index contributed by atoms with van der Waals surface area (Å²) in [6.45, 7) is -2.51. The van der Waals surface area contributed by atoms with E-state index in [0.29, 0.717) is 11.6 Å². The summed E-state index contributed by atoms with van der Waals surface area (Å²) in [6, 6.07) is 9.70. The average molecular weight is 345 g/mol. The van der Waals surface area contributed by atoms with Crippen LogP contribution in [0, 0.1) is 11.6 Å². The number of rotatable bonds is 5. The van der Waals surface area contributed by atoms with Gasteiger partial charge in [-0.05, 0) is 11.6 Å². The number of halogens is 5. The van der Waals surface area contributed by atoms with E-state index in [1.807, 2.05) is 0 Å². The summed E-state index contributed by atoms with van der Waals surface area (Å²) in [7, 11) is 0. The highest BCUT2D eigenvalue weighted by Crippen LogP contribution is 2.31. The van der Waals surface area contributed by atoms with Crippen LogP contribution in [-0.4, -0.2) is 25.3 Å². The van der Waals surface area contributed by atoms with Crippen molar-refractivity contribution in [1.82, 2.24) is 0 Å². The van der Waals surface area contributed by atoms with E-state index in [2.05, 4.69) is 10.1 Å². The van der Waals surface area contributed by atoms with Crippen LogP contribution in [0.15, 0.2) is 42.5 Å². The highest BCUT2D eigenvalue weighted by molar-refractivity contribution is 5.96. The van der Waals surface area contributed by atoms with E-state index < -0.39 is 36.9 Å². The van der Waals surface area contributed by atoms with Gasteiger partial charge in [0.05, 0.1) is 5.69 Å². The van der Waals surface area contributed by atoms with Crippen LogP contribution in [0.3, 0.4) is 0 Å². The molecule has 1 amide bonds. The van der Waals surface area contributed by atoms with Gasteiger partial charge in [-0.25, -0.2) is 8.78 Å². The molecule has 2 aromatic rings. The van der Waals surface area contributed by atoms with Gasteiger partial charge in [-0.2, -0.15) is 13.2 Å². The molecule has 0 atom stereocenters. The first-order valence-corrected chi connectivity index (χ1v) is 6.75. The Labute approximate surface area is 134 Å². The molecule has 0 aliphatic heterocycles. The third-order valence-corrected chi connectivity index (χ3v) is 2.90. The zero-order valence-corrected chi connectivity index (χ0v) is 12.2. The molecule has 0 fully saturated rings. The molecule has 1 N–H and O–H groups in total. The van der Waals surface area contributed by atoms with E-state index in [-0.39, 0.29) is 11.3 Å². The van der Waals surface area contributed by atoms with Crippen LogP contribution in [0.25, 0.3) is 11.1 Å². The molecular weight excluding hydrogens is 333 g/mol. The number of hydrogen-bond donors (Lipinski definition) is 1. The van der Waals surface area contributed by atoms with Gasteiger partial charge in [-0.15, -0.1) is 0 Å². The number of carbonyl (C=O) groups excluding carboxylic acids is 1. The molecule has 0 heterocycles. The molecule has 0 aromatic heterocycles. The average Bonchev–Trinajstić information content (AvgIpc) is 2.49. The fourth-order valence-corrected chi connectivity index (χ4v) is 1.98. The van der Waals surface area contributed by atoms with Crippen LogP contribution in [-0.2, 0) is 9.53 Å². The van der Waals surface area contributed by atoms with Crippen molar-refractivity contribution in [2.24, 2.45) is 0 Å². The van der Waals surface area contributed by atoms with Gasteiger partial charge >= 0.3 is 6.18 Å². The number of benzene rings is 2. The van der Waals surface area contributed by atoms with Crippen molar-refractivity contribution in [3.63, 3.8) is 0 Å². The maximum absolute atomic E-state index is 14.0. The molecule has 8 heteroatoms. The topological polar surface area (TPSA) is 38.3 Å². The summed E-state index contributed by atoms with van der Waals surface area (Å²) < 4.78 is 67.6. The van der Waals surface area contributed by atoms with Crippen molar-refractivity contribution in [3.05, 3.63) is 54.1 Å². The van der Waals surface area contributed by atoms with Gasteiger partial charge in [-0.1, -0.05) is 30.3 Å². The molecule has 2 aromatic carbocycles. The summed E-state index contributed by atoms with van der Waals surface area (Å²) in [5.74, 6) is -2.88. The summed E-state index contributed by atoms with van der Waals surface area (Å²) in [4.78, 5) is 11.7. The maximum Gasteiger partial charge on any atom is 0.411 e. The van der Waals surface area contributed by atoms with Crippen LogP contribution >= 0.6 is 0 Å². The highest BCUT2D eigenvalue weighted by Gasteiger charge is 2.28. The Kier molecular flexibility index (Phi) is 5.50. The molecule has 0 bridgehead atoms. The minimum Gasteiger partial charge on any atom is -0.362 e. The first kappa shape index (κ1) is 17.9. The lowest BCUT2D eigenvalue weighted by atomic mass is 10.0. The first-order valence-electron chi connectivity index (χ1n) is 6.75. The highest BCUT2D eigenvalue weighted by atomic mass is 19.4. The van der Waals surface area contributed by atoms with E-state index in [0.717, 1.165) is 6.07 Å². The number of carbonyl (C=O) groups is 1. The van der Waals surface area contributed by atoms with Crippen molar-refractivity contribution in [2.75, 3.05) is 18.5 Å². The Morgan fingerprint density at radius 3 is 2.38 bits per heavy atom. The molecule has 0 unspecified atom stereocenters. The molecule has 0 aliphatic carbocycles. The number of alkyl halides is 3. The van der Waals surface area contributed by atoms with Crippen molar-refractivity contribution >= 4 is 11.6 Å². The molecule has 24 heavy (non-hydrogen) atoms. The Morgan fingerprint density at radius 1 is 1.08 bits per heavy atom. The lowest BCUT2D eigenvalue weighted by Crippen LogP contribution is -2.24. The minimum atomic E-state index is -4.57. The zero-order chi connectivity index (χ0) is 17.7. The number of ether oxygens (including phenoxy) is 1. The van der Waals surface area contributed by atoms with Crippen LogP contribution in [0.2, 0.25) is 0 Å². The number of hydrogen-bond acceptors (Lipinski definition) is 2. The van der Waals surface area contributed by atoms with Crippen LogP contribution in [0.5, 0.6) is 0 Å². The Morgan fingerprint density at radius 2 is 1.75 bits per heavy atom. The molecule has 0 saturated heterocycles. The third kappa shape index (κ3) is 5.02. The monoisotopic (exact) mass is 345 g/mol. The zero-order valence-electron chi connectivity index (χ0n) is 12.2. The maximum atomic E-state index is 14.0. The van der Waals surface area contributed by atoms with Gasteiger partial charge in [0.15, 0.2) is 0 Å². The lowest BCUT2D eigenvalue weighted by molar-refractivity contribution is -0.174. The summed E-state index contributed by atoms with van der Waals surface area (Å²) >= 11 is 0. The van der Waals surface area contributed by atoms with E-state index >= 15 is 0 Å². The van der Waals surface area contributed by atoms with Crippen LogP contribution in [0.1, 0.15) is 0 Å². The molecule has 0 spiro atoms. The third-order valence-electron chi connectivity index (χ3n) is 2.90. The SMILES string of the molecule is O=C(COCC(F)(F)F)Nc1c(F)cc(F)cc1-c1ccccc1. The standard InChI is InChI=1S/C16H12F5NO2/c17-11-6-12(10-4-2-1-3-5-10)15(13(18)7-11)22-14(23)8-24-9-16(19,20)21/h1-7H,8-9H2,(H,22,23). The summed E-state index contributed by atoms with van der Waals surface area (Å²) in [5, 5.41) is 2.12.